The molecule has 174 valence electrons. The maximum atomic E-state index is 12.9. The first-order chi connectivity index (χ1) is 15.3. The van der Waals surface area contributed by atoms with Crippen LogP contribution in [0.4, 0.5) is 0 Å². The van der Waals surface area contributed by atoms with Gasteiger partial charge in [0.25, 0.3) is 0 Å². The molecule has 8 nitrogen and oxygen atoms in total. The Morgan fingerprint density at radius 2 is 2.12 bits per heavy atom. The monoisotopic (exact) mass is 478 g/mol. The number of amides is 2. The van der Waals surface area contributed by atoms with E-state index >= 15 is 0 Å². The Morgan fingerprint density at radius 3 is 2.81 bits per heavy atom. The minimum atomic E-state index is -0.274. The van der Waals surface area contributed by atoms with Gasteiger partial charge in [-0.1, -0.05) is 49.1 Å². The van der Waals surface area contributed by atoms with Gasteiger partial charge in [0.2, 0.25) is 11.8 Å². The van der Waals surface area contributed by atoms with Gasteiger partial charge in [-0.05, 0) is 30.5 Å². The van der Waals surface area contributed by atoms with Gasteiger partial charge in [0.05, 0.1) is 32.1 Å². The molecular formula is C22H30N4O4S2. The predicted octanol–water partition coefficient (Wildman–Crippen LogP) is 2.86. The second-order valence-electron chi connectivity index (χ2n) is 8.13. The number of hydrogen-bond donors (Lipinski definition) is 0. The lowest BCUT2D eigenvalue weighted by Crippen LogP contribution is -2.41. The van der Waals surface area contributed by atoms with Crippen LogP contribution in [0.3, 0.4) is 0 Å². The van der Waals surface area contributed by atoms with Crippen molar-refractivity contribution in [3.63, 3.8) is 0 Å². The molecule has 2 aromatic rings. The molecule has 0 radical (unpaired) electrons. The van der Waals surface area contributed by atoms with Crippen LogP contribution in [0.2, 0.25) is 0 Å². The number of benzene rings is 1. The number of thioether (sulfide) groups is 1. The van der Waals surface area contributed by atoms with Crippen LogP contribution in [0, 0.1) is 12.8 Å². The van der Waals surface area contributed by atoms with Gasteiger partial charge in [0.1, 0.15) is 10.8 Å². The van der Waals surface area contributed by atoms with Crippen molar-refractivity contribution < 1.29 is 19.1 Å². The van der Waals surface area contributed by atoms with Gasteiger partial charge in [-0.25, -0.2) is 0 Å². The first-order valence-electron chi connectivity index (χ1n) is 10.6. The number of carbonyl (C=O) groups excluding carboxylic acids is 2. The van der Waals surface area contributed by atoms with Crippen molar-refractivity contribution in [1.29, 1.82) is 0 Å². The first kappa shape index (κ1) is 24.5. The second-order valence-corrected chi connectivity index (χ2v) is 10.5. The fourth-order valence-corrected chi connectivity index (χ4v) is 5.14. The molecule has 0 aliphatic carbocycles. The molecule has 1 saturated heterocycles. The zero-order valence-electron chi connectivity index (χ0n) is 18.9. The summed E-state index contributed by atoms with van der Waals surface area (Å²) < 4.78 is 12.2. The summed E-state index contributed by atoms with van der Waals surface area (Å²) in [6, 6.07) is 7.70. The molecule has 10 heteroatoms. The van der Waals surface area contributed by atoms with E-state index in [0.717, 1.165) is 20.7 Å². The summed E-state index contributed by atoms with van der Waals surface area (Å²) in [4.78, 5) is 29.2. The maximum absolute atomic E-state index is 12.9. The average molecular weight is 479 g/mol. The Bertz CT molecular complexity index is 921. The van der Waals surface area contributed by atoms with Gasteiger partial charge < -0.3 is 19.3 Å². The maximum Gasteiger partial charge on any atom is 0.242 e. The molecule has 1 aliphatic rings. The number of aryl methyl sites for hydroxylation is 1. The van der Waals surface area contributed by atoms with Crippen molar-refractivity contribution in [2.24, 2.45) is 5.92 Å². The fraction of sp³-hybridized carbons (Fsp3) is 0.545. The lowest BCUT2D eigenvalue weighted by molar-refractivity contribution is -0.137. The Balaban J connectivity index is 1.67. The third kappa shape index (κ3) is 7.18. The van der Waals surface area contributed by atoms with Crippen LogP contribution in [0.5, 0.6) is 5.75 Å². The molecule has 0 saturated carbocycles. The zero-order chi connectivity index (χ0) is 23.1. The van der Waals surface area contributed by atoms with Crippen LogP contribution in [0.25, 0.3) is 0 Å². The summed E-state index contributed by atoms with van der Waals surface area (Å²) in [7, 11) is 1.63. The summed E-state index contributed by atoms with van der Waals surface area (Å²) in [5.74, 6) is 1.17. The van der Waals surface area contributed by atoms with Crippen LogP contribution >= 0.6 is 23.1 Å². The number of methoxy groups -OCH3 is 1. The van der Waals surface area contributed by atoms with E-state index in [0.29, 0.717) is 32.2 Å². The normalized spacial score (nSPS) is 17.0. The lowest BCUT2D eigenvalue weighted by atomic mass is 10.2. The van der Waals surface area contributed by atoms with Gasteiger partial charge in [-0.3, -0.25) is 9.59 Å². The Morgan fingerprint density at radius 1 is 1.31 bits per heavy atom. The molecule has 2 heterocycles. The van der Waals surface area contributed by atoms with Crippen LogP contribution in [-0.2, 0) is 20.9 Å². The van der Waals surface area contributed by atoms with E-state index in [-0.39, 0.29) is 30.2 Å². The summed E-state index contributed by atoms with van der Waals surface area (Å²) in [6.45, 7) is 7.96. The first-order valence-corrected chi connectivity index (χ1v) is 12.4. The molecule has 1 atom stereocenters. The number of ether oxygens (including phenoxy) is 2. The van der Waals surface area contributed by atoms with Crippen molar-refractivity contribution in [1.82, 2.24) is 20.0 Å². The Hall–Kier alpha value is -2.17. The highest BCUT2D eigenvalue weighted by Crippen LogP contribution is 2.23. The molecule has 2 amide bonds. The molecule has 0 spiro atoms. The van der Waals surface area contributed by atoms with E-state index in [1.807, 2.05) is 36.1 Å². The Labute approximate surface area is 197 Å². The third-order valence-electron chi connectivity index (χ3n) is 4.91. The zero-order valence-corrected chi connectivity index (χ0v) is 20.6. The number of carbonyl (C=O) groups is 2. The van der Waals surface area contributed by atoms with Gasteiger partial charge in [0.15, 0.2) is 4.34 Å². The molecule has 0 N–H and O–H groups in total. The van der Waals surface area contributed by atoms with Crippen molar-refractivity contribution in [2.75, 3.05) is 39.0 Å². The van der Waals surface area contributed by atoms with E-state index < -0.39 is 0 Å². The highest BCUT2D eigenvalue weighted by atomic mass is 32.2. The van der Waals surface area contributed by atoms with Crippen molar-refractivity contribution in [2.45, 2.75) is 37.8 Å². The van der Waals surface area contributed by atoms with E-state index in [9.17, 15) is 9.59 Å². The lowest BCUT2D eigenvalue weighted by Gasteiger charge is -2.26. The molecule has 1 aromatic heterocycles. The number of hydrogen-bond acceptors (Lipinski definition) is 8. The van der Waals surface area contributed by atoms with Crippen molar-refractivity contribution >= 4 is 34.9 Å². The number of rotatable bonds is 9. The SMILES string of the molecule is COc1cccc(CO[C@@H]2CN(C(=O)CSc3nnc(C)s3)CC(=O)N(CC(C)C)C2)c1. The Kier molecular flexibility index (Phi) is 8.89. The minimum absolute atomic E-state index is 0.0451. The second kappa shape index (κ2) is 11.6. The van der Waals surface area contributed by atoms with E-state index in [1.165, 1.54) is 23.1 Å². The molecule has 1 aliphatic heterocycles. The fourth-order valence-electron chi connectivity index (χ4n) is 3.42. The van der Waals surface area contributed by atoms with Crippen LogP contribution in [0.15, 0.2) is 28.6 Å². The van der Waals surface area contributed by atoms with Crippen LogP contribution < -0.4 is 4.74 Å². The van der Waals surface area contributed by atoms with Gasteiger partial charge in [0, 0.05) is 19.6 Å². The molecule has 1 fully saturated rings. The largest absolute Gasteiger partial charge is 0.497 e. The van der Waals surface area contributed by atoms with E-state index in [2.05, 4.69) is 24.0 Å². The predicted molar refractivity (Wildman–Crippen MR) is 125 cm³/mol. The summed E-state index contributed by atoms with van der Waals surface area (Å²) in [5, 5.41) is 8.90. The van der Waals surface area contributed by atoms with Crippen LogP contribution in [-0.4, -0.2) is 77.0 Å². The highest BCUT2D eigenvalue weighted by Gasteiger charge is 2.31. The summed E-state index contributed by atoms with van der Waals surface area (Å²) >= 11 is 2.81. The van der Waals surface area contributed by atoms with Gasteiger partial charge >= 0.3 is 0 Å². The minimum Gasteiger partial charge on any atom is -0.497 e. The number of aromatic nitrogens is 2. The molecule has 0 unspecified atom stereocenters. The molecular weight excluding hydrogens is 448 g/mol. The quantitative estimate of drug-likeness (QED) is 0.512. The van der Waals surface area contributed by atoms with Gasteiger partial charge in [-0.15, -0.1) is 10.2 Å². The smallest absolute Gasteiger partial charge is 0.242 e. The standard InChI is InChI=1S/C22H30N4O4S2/c1-15(2)9-25-10-19(30-13-17-6-5-7-18(8-17)29-4)11-26(12-20(25)27)21(28)14-31-22-24-23-16(3)32-22/h5-8,15,19H,9-14H2,1-4H3/t19-/m0/s1. The molecule has 1 aromatic carbocycles. The van der Waals surface area contributed by atoms with E-state index in [4.69, 9.17) is 9.47 Å². The third-order valence-corrected chi connectivity index (χ3v) is 6.87. The summed E-state index contributed by atoms with van der Waals surface area (Å²) in [6.07, 6.45) is -0.274. The van der Waals surface area contributed by atoms with E-state index in [1.54, 1.807) is 12.0 Å². The van der Waals surface area contributed by atoms with Crippen molar-refractivity contribution in [3.8, 4) is 5.75 Å². The molecule has 32 heavy (non-hydrogen) atoms. The highest BCUT2D eigenvalue weighted by molar-refractivity contribution is 8.01. The summed E-state index contributed by atoms with van der Waals surface area (Å²) in [5.41, 5.74) is 0.982. The average Bonchev–Trinajstić information content (AvgIpc) is 3.12. The van der Waals surface area contributed by atoms with Gasteiger partial charge in [-0.2, -0.15) is 0 Å². The van der Waals surface area contributed by atoms with Crippen molar-refractivity contribution in [3.05, 3.63) is 34.8 Å². The molecule has 0 bridgehead atoms. The molecule has 3 rings (SSSR count). The van der Waals surface area contributed by atoms with Crippen LogP contribution in [0.1, 0.15) is 24.4 Å². The number of nitrogens with zero attached hydrogens (tertiary/aromatic N) is 4. The topological polar surface area (TPSA) is 84.9 Å².